The number of carbonyl (C=O) groups is 1. The second-order valence-electron chi connectivity index (χ2n) is 7.09. The molecule has 2 saturated heterocycles. The Hall–Kier alpha value is -1.64. The fourth-order valence-electron chi connectivity index (χ4n) is 3.65. The van der Waals surface area contributed by atoms with Crippen LogP contribution in [-0.2, 0) is 14.8 Å². The molecule has 27 heavy (non-hydrogen) atoms. The van der Waals surface area contributed by atoms with Crippen LogP contribution in [0.4, 0.5) is 5.69 Å². The van der Waals surface area contributed by atoms with Gasteiger partial charge in [-0.05, 0) is 63.9 Å². The number of nitrogens with zero attached hydrogens (tertiary/aromatic N) is 2. The fourth-order valence-corrected chi connectivity index (χ4v) is 5.33. The van der Waals surface area contributed by atoms with Crippen molar-refractivity contribution in [2.45, 2.75) is 43.9 Å². The SMILES string of the molecule is CCOc1ccc(NC(=O)CN2CCCCC2)cc1S(=O)(=O)N1CCCC1. The van der Waals surface area contributed by atoms with E-state index in [2.05, 4.69) is 10.2 Å². The van der Waals surface area contributed by atoms with Gasteiger partial charge >= 0.3 is 0 Å². The molecule has 0 aliphatic carbocycles. The molecular formula is C19H29N3O4S. The van der Waals surface area contributed by atoms with Crippen molar-refractivity contribution in [3.05, 3.63) is 18.2 Å². The van der Waals surface area contributed by atoms with E-state index in [1.165, 1.54) is 16.8 Å². The first kappa shape index (κ1) is 20.1. The maximum absolute atomic E-state index is 13.0. The smallest absolute Gasteiger partial charge is 0.246 e. The van der Waals surface area contributed by atoms with Crippen LogP contribution in [0.15, 0.2) is 23.1 Å². The summed E-state index contributed by atoms with van der Waals surface area (Å²) in [5.41, 5.74) is 0.484. The lowest BCUT2D eigenvalue weighted by Crippen LogP contribution is -2.36. The number of carbonyl (C=O) groups excluding carboxylic acids is 1. The summed E-state index contributed by atoms with van der Waals surface area (Å²) in [6.45, 7) is 5.46. The van der Waals surface area contributed by atoms with Crippen molar-refractivity contribution in [3.8, 4) is 5.75 Å². The van der Waals surface area contributed by atoms with Crippen LogP contribution < -0.4 is 10.1 Å². The first-order valence-corrected chi connectivity index (χ1v) is 11.2. The summed E-state index contributed by atoms with van der Waals surface area (Å²) in [5, 5.41) is 2.84. The molecule has 2 aliphatic heterocycles. The molecule has 0 bridgehead atoms. The van der Waals surface area contributed by atoms with Crippen LogP contribution >= 0.6 is 0 Å². The highest BCUT2D eigenvalue weighted by molar-refractivity contribution is 7.89. The minimum atomic E-state index is -3.63. The fraction of sp³-hybridized carbons (Fsp3) is 0.632. The second kappa shape index (κ2) is 9.03. The van der Waals surface area contributed by atoms with Gasteiger partial charge in [0.25, 0.3) is 0 Å². The predicted molar refractivity (Wildman–Crippen MR) is 105 cm³/mol. The summed E-state index contributed by atoms with van der Waals surface area (Å²) in [5.74, 6) is 0.212. The highest BCUT2D eigenvalue weighted by atomic mass is 32.2. The quantitative estimate of drug-likeness (QED) is 0.766. The van der Waals surface area contributed by atoms with Crippen molar-refractivity contribution < 1.29 is 17.9 Å². The van der Waals surface area contributed by atoms with Gasteiger partial charge in [0.05, 0.1) is 13.2 Å². The predicted octanol–water partition coefficient (Wildman–Crippen LogP) is 2.29. The number of piperidine rings is 1. The number of anilines is 1. The van der Waals surface area contributed by atoms with E-state index in [0.29, 0.717) is 37.7 Å². The molecule has 8 heteroatoms. The van der Waals surface area contributed by atoms with Gasteiger partial charge in [-0.2, -0.15) is 4.31 Å². The number of hydrogen-bond acceptors (Lipinski definition) is 5. The minimum absolute atomic E-state index is 0.120. The highest BCUT2D eigenvalue weighted by Gasteiger charge is 2.30. The largest absolute Gasteiger partial charge is 0.492 e. The Kier molecular flexibility index (Phi) is 6.73. The van der Waals surface area contributed by atoms with Crippen LogP contribution in [-0.4, -0.2) is 62.9 Å². The van der Waals surface area contributed by atoms with Gasteiger partial charge in [-0.3, -0.25) is 9.69 Å². The standard InChI is InChI=1S/C19H29N3O4S/c1-2-26-17-9-8-16(20-19(23)15-21-10-4-3-5-11-21)14-18(17)27(24,25)22-12-6-7-13-22/h8-9,14H,2-7,10-13,15H2,1H3,(H,20,23). The van der Waals surface area contributed by atoms with Crippen LogP contribution in [0.3, 0.4) is 0 Å². The number of amides is 1. The van der Waals surface area contributed by atoms with E-state index in [1.807, 2.05) is 6.92 Å². The molecule has 0 saturated carbocycles. The lowest BCUT2D eigenvalue weighted by atomic mass is 10.1. The van der Waals surface area contributed by atoms with Gasteiger partial charge in [0.15, 0.2) is 0 Å². The number of sulfonamides is 1. The molecule has 0 aromatic heterocycles. The van der Waals surface area contributed by atoms with Gasteiger partial charge in [0, 0.05) is 18.8 Å². The van der Waals surface area contributed by atoms with Crippen molar-refractivity contribution in [3.63, 3.8) is 0 Å². The number of rotatable bonds is 7. The lowest BCUT2D eigenvalue weighted by Gasteiger charge is -2.25. The minimum Gasteiger partial charge on any atom is -0.492 e. The average molecular weight is 396 g/mol. The normalized spacial score (nSPS) is 19.1. The van der Waals surface area contributed by atoms with Gasteiger partial charge in [-0.25, -0.2) is 8.42 Å². The zero-order valence-corrected chi connectivity index (χ0v) is 16.8. The van der Waals surface area contributed by atoms with Crippen molar-refractivity contribution in [1.82, 2.24) is 9.21 Å². The molecule has 1 N–H and O–H groups in total. The monoisotopic (exact) mass is 395 g/mol. The van der Waals surface area contributed by atoms with Crippen LogP contribution in [0.25, 0.3) is 0 Å². The molecule has 2 heterocycles. The van der Waals surface area contributed by atoms with Crippen molar-refractivity contribution >= 4 is 21.6 Å². The van der Waals surface area contributed by atoms with Crippen molar-refractivity contribution in [2.75, 3.05) is 44.6 Å². The van der Waals surface area contributed by atoms with Gasteiger partial charge in [-0.1, -0.05) is 6.42 Å². The summed E-state index contributed by atoms with van der Waals surface area (Å²) in [4.78, 5) is 14.6. The Labute approximate surface area is 161 Å². The van der Waals surface area contributed by atoms with Crippen LogP contribution in [0.1, 0.15) is 39.0 Å². The van der Waals surface area contributed by atoms with Crippen LogP contribution in [0.2, 0.25) is 0 Å². The van der Waals surface area contributed by atoms with Gasteiger partial charge in [0.2, 0.25) is 15.9 Å². The molecular weight excluding hydrogens is 366 g/mol. The van der Waals surface area contributed by atoms with E-state index in [1.54, 1.807) is 12.1 Å². The van der Waals surface area contributed by atoms with E-state index in [0.717, 1.165) is 38.8 Å². The van der Waals surface area contributed by atoms with E-state index in [9.17, 15) is 13.2 Å². The molecule has 1 aromatic carbocycles. The molecule has 0 radical (unpaired) electrons. The van der Waals surface area contributed by atoms with Crippen molar-refractivity contribution in [1.29, 1.82) is 0 Å². The Morgan fingerprint density at radius 1 is 1.07 bits per heavy atom. The first-order chi connectivity index (χ1) is 13.0. The zero-order valence-electron chi connectivity index (χ0n) is 15.9. The van der Waals surface area contributed by atoms with Gasteiger partial charge < -0.3 is 10.1 Å². The third kappa shape index (κ3) is 5.00. The van der Waals surface area contributed by atoms with Crippen molar-refractivity contribution in [2.24, 2.45) is 0 Å². The summed E-state index contributed by atoms with van der Waals surface area (Å²) >= 11 is 0. The number of ether oxygens (including phenoxy) is 1. The Morgan fingerprint density at radius 3 is 2.41 bits per heavy atom. The molecule has 2 fully saturated rings. The number of benzene rings is 1. The van der Waals surface area contributed by atoms with Crippen LogP contribution in [0.5, 0.6) is 5.75 Å². The molecule has 0 unspecified atom stereocenters. The number of nitrogens with one attached hydrogen (secondary N) is 1. The van der Waals surface area contributed by atoms with E-state index in [-0.39, 0.29) is 10.8 Å². The second-order valence-corrected chi connectivity index (χ2v) is 9.00. The number of hydrogen-bond donors (Lipinski definition) is 1. The van der Waals surface area contributed by atoms with Crippen LogP contribution in [0, 0.1) is 0 Å². The Balaban J connectivity index is 1.77. The number of likely N-dealkylation sites (tertiary alicyclic amines) is 1. The highest BCUT2D eigenvalue weighted by Crippen LogP contribution is 2.31. The van der Waals surface area contributed by atoms with E-state index >= 15 is 0 Å². The van der Waals surface area contributed by atoms with Gasteiger partial charge in [-0.15, -0.1) is 0 Å². The van der Waals surface area contributed by atoms with E-state index < -0.39 is 10.0 Å². The molecule has 150 valence electrons. The molecule has 0 atom stereocenters. The Morgan fingerprint density at radius 2 is 1.74 bits per heavy atom. The summed E-state index contributed by atoms with van der Waals surface area (Å²) < 4.78 is 33.0. The first-order valence-electron chi connectivity index (χ1n) is 9.80. The van der Waals surface area contributed by atoms with Gasteiger partial charge in [0.1, 0.15) is 10.6 Å². The third-order valence-corrected chi connectivity index (χ3v) is 6.95. The lowest BCUT2D eigenvalue weighted by molar-refractivity contribution is -0.117. The molecule has 0 spiro atoms. The van der Waals surface area contributed by atoms with E-state index in [4.69, 9.17) is 4.74 Å². The summed E-state index contributed by atoms with van der Waals surface area (Å²) in [7, 11) is -3.63. The summed E-state index contributed by atoms with van der Waals surface area (Å²) in [6, 6.07) is 4.85. The molecule has 7 nitrogen and oxygen atoms in total. The maximum Gasteiger partial charge on any atom is 0.246 e. The Bertz CT molecular complexity index is 754. The molecule has 3 rings (SSSR count). The molecule has 1 aromatic rings. The third-order valence-electron chi connectivity index (χ3n) is 5.03. The maximum atomic E-state index is 13.0. The molecule has 1 amide bonds. The summed E-state index contributed by atoms with van der Waals surface area (Å²) in [6.07, 6.45) is 5.20. The topological polar surface area (TPSA) is 79.0 Å². The average Bonchev–Trinajstić information content (AvgIpc) is 3.19. The zero-order chi connectivity index (χ0) is 19.3. The molecule has 2 aliphatic rings.